The molecule has 2 aromatic rings. The fourth-order valence-electron chi connectivity index (χ4n) is 1.74. The van der Waals surface area contributed by atoms with Crippen LogP contribution in [0.2, 0.25) is 0 Å². The molecule has 1 atom stereocenters. The maximum Gasteiger partial charge on any atom is 0.196 e. The molecule has 1 heterocycles. The van der Waals surface area contributed by atoms with E-state index in [0.717, 1.165) is 5.39 Å². The van der Waals surface area contributed by atoms with Crippen molar-refractivity contribution < 1.29 is 9.90 Å². The molecule has 1 aromatic carbocycles. The van der Waals surface area contributed by atoms with Gasteiger partial charge in [-0.25, -0.2) is 0 Å². The van der Waals surface area contributed by atoms with Crippen molar-refractivity contribution in [2.24, 2.45) is 0 Å². The number of benzene rings is 1. The van der Waals surface area contributed by atoms with Crippen LogP contribution in [0.5, 0.6) is 0 Å². The highest BCUT2D eigenvalue weighted by atomic mass is 16.3. The summed E-state index contributed by atoms with van der Waals surface area (Å²) in [6.07, 6.45) is 2.04. The summed E-state index contributed by atoms with van der Waals surface area (Å²) in [5.41, 5.74) is -0.199. The van der Waals surface area contributed by atoms with Crippen LogP contribution in [-0.2, 0) is 0 Å². The quantitative estimate of drug-likeness (QED) is 0.823. The van der Waals surface area contributed by atoms with Crippen LogP contribution < -0.4 is 0 Å². The topological polar surface area (TPSA) is 50.2 Å². The van der Waals surface area contributed by atoms with Crippen LogP contribution >= 0.6 is 0 Å². The Morgan fingerprint density at radius 3 is 2.76 bits per heavy atom. The Hall–Kier alpha value is -1.74. The van der Waals surface area contributed by atoms with Crippen molar-refractivity contribution >= 4 is 16.7 Å². The maximum atomic E-state index is 12.2. The van der Waals surface area contributed by atoms with Crippen LogP contribution in [0.4, 0.5) is 0 Å². The van der Waals surface area contributed by atoms with Gasteiger partial charge in [-0.15, -0.1) is 0 Å². The molecule has 0 saturated carbocycles. The summed E-state index contributed by atoms with van der Waals surface area (Å²) in [6.45, 7) is 3.33. The molecule has 1 N–H and O–H groups in total. The van der Waals surface area contributed by atoms with E-state index in [2.05, 4.69) is 4.98 Å². The van der Waals surface area contributed by atoms with Crippen molar-refractivity contribution in [3.8, 4) is 0 Å². The average Bonchev–Trinajstić information content (AvgIpc) is 2.37. The number of pyridine rings is 1. The van der Waals surface area contributed by atoms with E-state index in [1.165, 1.54) is 6.92 Å². The van der Waals surface area contributed by atoms with Gasteiger partial charge in [0, 0.05) is 17.1 Å². The Morgan fingerprint density at radius 2 is 2.06 bits per heavy atom. The summed E-state index contributed by atoms with van der Waals surface area (Å²) >= 11 is 0. The summed E-state index contributed by atoms with van der Waals surface area (Å²) < 4.78 is 0. The van der Waals surface area contributed by atoms with E-state index in [4.69, 9.17) is 0 Å². The van der Waals surface area contributed by atoms with Gasteiger partial charge in [0.05, 0.1) is 5.52 Å². The number of fused-ring (bicyclic) bond motifs is 1. The van der Waals surface area contributed by atoms with Crippen molar-refractivity contribution in [1.82, 2.24) is 4.98 Å². The van der Waals surface area contributed by atoms with Crippen molar-refractivity contribution in [1.29, 1.82) is 0 Å². The van der Waals surface area contributed by atoms with Gasteiger partial charge in [-0.3, -0.25) is 9.78 Å². The highest BCUT2D eigenvalue weighted by Crippen LogP contribution is 2.22. The average molecular weight is 229 g/mol. The number of aliphatic hydroxyl groups is 1. The molecular formula is C14H15NO2. The van der Waals surface area contributed by atoms with E-state index >= 15 is 0 Å². The largest absolute Gasteiger partial charge is 0.382 e. The highest BCUT2D eigenvalue weighted by Gasteiger charge is 2.30. The lowest BCUT2D eigenvalue weighted by atomic mass is 9.91. The molecular weight excluding hydrogens is 214 g/mol. The minimum absolute atomic E-state index is 0.274. The second-order valence-electron chi connectivity index (χ2n) is 4.34. The number of ketones is 1. The summed E-state index contributed by atoms with van der Waals surface area (Å²) in [6, 6.07) is 9.15. The molecule has 0 aliphatic rings. The highest BCUT2D eigenvalue weighted by molar-refractivity contribution is 6.10. The SMILES string of the molecule is CCC(C)(O)C(=O)c1cccc2cccnc12. The smallest absolute Gasteiger partial charge is 0.196 e. The van der Waals surface area contributed by atoms with Gasteiger partial charge in [-0.2, -0.15) is 0 Å². The molecule has 17 heavy (non-hydrogen) atoms. The molecule has 3 heteroatoms. The normalized spacial score (nSPS) is 14.5. The molecule has 0 amide bonds. The first kappa shape index (κ1) is 11.7. The molecule has 1 unspecified atom stereocenters. The lowest BCUT2D eigenvalue weighted by Gasteiger charge is -2.20. The van der Waals surface area contributed by atoms with Crippen LogP contribution in [0.15, 0.2) is 36.5 Å². The molecule has 0 bridgehead atoms. The number of carbonyl (C=O) groups is 1. The van der Waals surface area contributed by atoms with E-state index in [-0.39, 0.29) is 5.78 Å². The summed E-state index contributed by atoms with van der Waals surface area (Å²) in [4.78, 5) is 16.4. The van der Waals surface area contributed by atoms with Crippen molar-refractivity contribution in [2.45, 2.75) is 25.9 Å². The second kappa shape index (κ2) is 4.26. The molecule has 0 radical (unpaired) electrons. The Bertz CT molecular complexity index is 556. The first-order valence-corrected chi connectivity index (χ1v) is 5.67. The molecule has 2 rings (SSSR count). The number of nitrogens with zero attached hydrogens (tertiary/aromatic N) is 1. The van der Waals surface area contributed by atoms with Crippen LogP contribution in [0.3, 0.4) is 0 Å². The second-order valence-corrected chi connectivity index (χ2v) is 4.34. The Labute approximate surface area is 100 Å². The summed E-state index contributed by atoms with van der Waals surface area (Å²) in [5, 5.41) is 10.9. The maximum absolute atomic E-state index is 12.2. The van der Waals surface area contributed by atoms with Gasteiger partial charge >= 0.3 is 0 Å². The van der Waals surface area contributed by atoms with Crippen LogP contribution in [0.25, 0.3) is 10.9 Å². The van der Waals surface area contributed by atoms with E-state index in [1.807, 2.05) is 24.3 Å². The van der Waals surface area contributed by atoms with Gasteiger partial charge in [-0.05, 0) is 25.5 Å². The zero-order valence-corrected chi connectivity index (χ0v) is 9.97. The summed E-state index contributed by atoms with van der Waals surface area (Å²) in [5.74, 6) is -0.274. The van der Waals surface area contributed by atoms with Gasteiger partial charge in [0.25, 0.3) is 0 Å². The third kappa shape index (κ3) is 2.06. The minimum atomic E-state index is -1.33. The number of carbonyl (C=O) groups excluding carboxylic acids is 1. The van der Waals surface area contributed by atoms with E-state index in [9.17, 15) is 9.90 Å². The zero-order chi connectivity index (χ0) is 12.5. The molecule has 0 aliphatic carbocycles. The Morgan fingerprint density at radius 1 is 1.35 bits per heavy atom. The Balaban J connectivity index is 2.60. The van der Waals surface area contributed by atoms with E-state index < -0.39 is 5.60 Å². The molecule has 88 valence electrons. The van der Waals surface area contributed by atoms with Crippen LogP contribution in [0.1, 0.15) is 30.6 Å². The lowest BCUT2D eigenvalue weighted by Crippen LogP contribution is -2.34. The minimum Gasteiger partial charge on any atom is -0.382 e. The van der Waals surface area contributed by atoms with Gasteiger partial charge in [-0.1, -0.05) is 25.1 Å². The molecule has 0 saturated heterocycles. The number of rotatable bonds is 3. The fraction of sp³-hybridized carbons (Fsp3) is 0.286. The number of para-hydroxylation sites is 1. The van der Waals surface area contributed by atoms with E-state index in [0.29, 0.717) is 17.5 Å². The number of aromatic nitrogens is 1. The van der Waals surface area contributed by atoms with Crippen LogP contribution in [0, 0.1) is 0 Å². The molecule has 0 spiro atoms. The standard InChI is InChI=1S/C14H15NO2/c1-3-14(2,17)13(16)11-8-4-6-10-7-5-9-15-12(10)11/h4-9,17H,3H2,1-2H3. The van der Waals surface area contributed by atoms with Gasteiger partial charge in [0.15, 0.2) is 5.78 Å². The molecule has 0 fully saturated rings. The predicted octanol–water partition coefficient (Wildman–Crippen LogP) is 2.58. The van der Waals surface area contributed by atoms with Crippen molar-refractivity contribution in [2.75, 3.05) is 0 Å². The number of Topliss-reactive ketones (excluding diaryl/α,β-unsaturated/α-hetero) is 1. The first-order chi connectivity index (χ1) is 8.06. The monoisotopic (exact) mass is 229 g/mol. The molecule has 3 nitrogen and oxygen atoms in total. The first-order valence-electron chi connectivity index (χ1n) is 5.67. The third-order valence-electron chi connectivity index (χ3n) is 3.05. The lowest BCUT2D eigenvalue weighted by molar-refractivity contribution is 0.0392. The van der Waals surface area contributed by atoms with Gasteiger partial charge < -0.3 is 5.11 Å². The van der Waals surface area contributed by atoms with Gasteiger partial charge in [0.2, 0.25) is 0 Å². The zero-order valence-electron chi connectivity index (χ0n) is 9.97. The third-order valence-corrected chi connectivity index (χ3v) is 3.05. The van der Waals surface area contributed by atoms with Crippen LogP contribution in [-0.4, -0.2) is 21.5 Å². The van der Waals surface area contributed by atoms with Crippen molar-refractivity contribution in [3.05, 3.63) is 42.1 Å². The molecule has 1 aromatic heterocycles. The Kier molecular flexibility index (Phi) is 2.94. The predicted molar refractivity (Wildman–Crippen MR) is 67.0 cm³/mol. The number of hydrogen-bond acceptors (Lipinski definition) is 3. The number of hydrogen-bond donors (Lipinski definition) is 1. The summed E-state index contributed by atoms with van der Waals surface area (Å²) in [7, 11) is 0. The van der Waals surface area contributed by atoms with Crippen molar-refractivity contribution in [3.63, 3.8) is 0 Å². The molecule has 0 aliphatic heterocycles. The fourth-order valence-corrected chi connectivity index (χ4v) is 1.74. The van der Waals surface area contributed by atoms with Gasteiger partial charge in [0.1, 0.15) is 5.60 Å². The van der Waals surface area contributed by atoms with E-state index in [1.54, 1.807) is 19.2 Å².